The number of carbonyl (C=O) groups excluding carboxylic acids is 1. The van der Waals surface area contributed by atoms with E-state index in [0.29, 0.717) is 19.0 Å². The van der Waals surface area contributed by atoms with Crippen LogP contribution in [0.15, 0.2) is 42.5 Å². The molecule has 0 heterocycles. The molecule has 19 heavy (non-hydrogen) atoms. The molecule has 2 aromatic carbocycles. The molecule has 0 bridgehead atoms. The van der Waals surface area contributed by atoms with Crippen LogP contribution in [0.2, 0.25) is 0 Å². The van der Waals surface area contributed by atoms with E-state index in [1.54, 1.807) is 4.90 Å². The van der Waals surface area contributed by atoms with Gasteiger partial charge in [0.1, 0.15) is 0 Å². The topological polar surface area (TPSA) is 46.3 Å². The van der Waals surface area contributed by atoms with E-state index in [-0.39, 0.29) is 5.91 Å². The van der Waals surface area contributed by atoms with Crippen molar-refractivity contribution in [2.75, 3.05) is 20.1 Å². The van der Waals surface area contributed by atoms with Crippen LogP contribution in [0.5, 0.6) is 0 Å². The highest BCUT2D eigenvalue weighted by atomic mass is 16.2. The first-order valence-electron chi connectivity index (χ1n) is 6.56. The van der Waals surface area contributed by atoms with Crippen molar-refractivity contribution >= 4 is 16.7 Å². The Hall–Kier alpha value is -1.87. The maximum absolute atomic E-state index is 12.5. The molecular formula is C16H20N2O. The number of hydrogen-bond acceptors (Lipinski definition) is 2. The predicted molar refractivity (Wildman–Crippen MR) is 79.1 cm³/mol. The number of carbonyl (C=O) groups is 1. The van der Waals surface area contributed by atoms with Crippen molar-refractivity contribution in [1.29, 1.82) is 0 Å². The summed E-state index contributed by atoms with van der Waals surface area (Å²) in [6, 6.07) is 13.8. The summed E-state index contributed by atoms with van der Waals surface area (Å²) in [5.41, 5.74) is 6.37. The van der Waals surface area contributed by atoms with E-state index in [1.807, 2.05) is 56.4 Å². The van der Waals surface area contributed by atoms with Crippen LogP contribution in [-0.4, -0.2) is 30.9 Å². The standard InChI is InChI=1S/C16H20N2O/c1-12(10-17)11-18(2)16(19)15-9-5-7-13-6-3-4-8-14(13)15/h3-9,12H,10-11,17H2,1-2H3. The van der Waals surface area contributed by atoms with Gasteiger partial charge in [-0.3, -0.25) is 4.79 Å². The van der Waals surface area contributed by atoms with Gasteiger partial charge in [0.2, 0.25) is 0 Å². The molecule has 1 atom stereocenters. The molecule has 0 aliphatic rings. The molecule has 0 fully saturated rings. The average molecular weight is 256 g/mol. The van der Waals surface area contributed by atoms with Crippen LogP contribution >= 0.6 is 0 Å². The van der Waals surface area contributed by atoms with Gasteiger partial charge in [0.25, 0.3) is 5.91 Å². The Kier molecular flexibility index (Phi) is 4.17. The Bertz CT molecular complexity index is 574. The zero-order valence-electron chi connectivity index (χ0n) is 11.5. The largest absolute Gasteiger partial charge is 0.341 e. The van der Waals surface area contributed by atoms with Gasteiger partial charge in [0.15, 0.2) is 0 Å². The van der Waals surface area contributed by atoms with E-state index >= 15 is 0 Å². The Labute approximate surface area is 114 Å². The van der Waals surface area contributed by atoms with Crippen LogP contribution in [0.3, 0.4) is 0 Å². The molecule has 1 unspecified atom stereocenters. The number of benzene rings is 2. The van der Waals surface area contributed by atoms with E-state index in [1.165, 1.54) is 0 Å². The van der Waals surface area contributed by atoms with Gasteiger partial charge in [-0.25, -0.2) is 0 Å². The quantitative estimate of drug-likeness (QED) is 0.913. The Morgan fingerprint density at radius 2 is 1.89 bits per heavy atom. The van der Waals surface area contributed by atoms with E-state index in [9.17, 15) is 4.79 Å². The monoisotopic (exact) mass is 256 g/mol. The summed E-state index contributed by atoms with van der Waals surface area (Å²) in [4.78, 5) is 14.2. The first-order chi connectivity index (χ1) is 9.13. The van der Waals surface area contributed by atoms with E-state index in [2.05, 4.69) is 0 Å². The zero-order chi connectivity index (χ0) is 13.8. The highest BCUT2D eigenvalue weighted by Crippen LogP contribution is 2.19. The smallest absolute Gasteiger partial charge is 0.254 e. The molecule has 3 nitrogen and oxygen atoms in total. The maximum Gasteiger partial charge on any atom is 0.254 e. The summed E-state index contributed by atoms with van der Waals surface area (Å²) in [5, 5.41) is 2.09. The van der Waals surface area contributed by atoms with Crippen LogP contribution in [0, 0.1) is 5.92 Å². The van der Waals surface area contributed by atoms with Crippen molar-refractivity contribution in [3.63, 3.8) is 0 Å². The molecule has 2 aromatic rings. The minimum Gasteiger partial charge on any atom is -0.341 e. The number of amides is 1. The fourth-order valence-electron chi connectivity index (χ4n) is 2.24. The summed E-state index contributed by atoms with van der Waals surface area (Å²) < 4.78 is 0. The number of hydrogen-bond donors (Lipinski definition) is 1. The molecule has 1 amide bonds. The van der Waals surface area contributed by atoms with E-state index < -0.39 is 0 Å². The van der Waals surface area contributed by atoms with Gasteiger partial charge in [0, 0.05) is 19.2 Å². The number of rotatable bonds is 4. The molecule has 0 spiro atoms. The van der Waals surface area contributed by atoms with Crippen molar-refractivity contribution in [3.05, 3.63) is 48.0 Å². The SMILES string of the molecule is CC(CN)CN(C)C(=O)c1cccc2ccccc12. The second-order valence-electron chi connectivity index (χ2n) is 5.05. The van der Waals surface area contributed by atoms with Gasteiger partial charge >= 0.3 is 0 Å². The third-order valence-corrected chi connectivity index (χ3v) is 3.35. The van der Waals surface area contributed by atoms with E-state index in [0.717, 1.165) is 16.3 Å². The van der Waals surface area contributed by atoms with Crippen LogP contribution < -0.4 is 5.73 Å². The molecule has 2 N–H and O–H groups in total. The molecule has 0 radical (unpaired) electrons. The molecule has 0 aliphatic heterocycles. The van der Waals surface area contributed by atoms with Crippen molar-refractivity contribution < 1.29 is 4.79 Å². The van der Waals surface area contributed by atoms with Crippen molar-refractivity contribution in [2.45, 2.75) is 6.92 Å². The van der Waals surface area contributed by atoms with Gasteiger partial charge in [-0.1, -0.05) is 43.3 Å². The average Bonchev–Trinajstić information content (AvgIpc) is 2.45. The molecule has 3 heteroatoms. The van der Waals surface area contributed by atoms with Crippen LogP contribution in [0.1, 0.15) is 17.3 Å². The Balaban J connectivity index is 2.31. The highest BCUT2D eigenvalue weighted by molar-refractivity contribution is 6.06. The van der Waals surface area contributed by atoms with Gasteiger partial charge in [-0.05, 0) is 29.3 Å². The van der Waals surface area contributed by atoms with Crippen LogP contribution in [0.25, 0.3) is 10.8 Å². The second-order valence-corrected chi connectivity index (χ2v) is 5.05. The van der Waals surface area contributed by atoms with Gasteiger partial charge in [0.05, 0.1) is 0 Å². The number of nitrogens with zero attached hydrogens (tertiary/aromatic N) is 1. The molecule has 100 valence electrons. The Morgan fingerprint density at radius 3 is 2.63 bits per heavy atom. The molecule has 0 saturated heterocycles. The van der Waals surface area contributed by atoms with E-state index in [4.69, 9.17) is 5.73 Å². The fraction of sp³-hybridized carbons (Fsp3) is 0.312. The number of nitrogens with two attached hydrogens (primary N) is 1. The third kappa shape index (κ3) is 2.93. The highest BCUT2D eigenvalue weighted by Gasteiger charge is 2.15. The first kappa shape index (κ1) is 13.6. The van der Waals surface area contributed by atoms with Crippen molar-refractivity contribution in [3.8, 4) is 0 Å². The summed E-state index contributed by atoms with van der Waals surface area (Å²) in [6.07, 6.45) is 0. The van der Waals surface area contributed by atoms with Gasteiger partial charge < -0.3 is 10.6 Å². The van der Waals surface area contributed by atoms with Gasteiger partial charge in [-0.15, -0.1) is 0 Å². The zero-order valence-corrected chi connectivity index (χ0v) is 11.5. The first-order valence-corrected chi connectivity index (χ1v) is 6.56. The van der Waals surface area contributed by atoms with Crippen LogP contribution in [-0.2, 0) is 0 Å². The molecular weight excluding hydrogens is 236 g/mol. The van der Waals surface area contributed by atoms with Crippen molar-refractivity contribution in [2.24, 2.45) is 11.7 Å². The normalized spacial score (nSPS) is 12.4. The fourth-order valence-corrected chi connectivity index (χ4v) is 2.24. The second kappa shape index (κ2) is 5.85. The molecule has 0 aromatic heterocycles. The van der Waals surface area contributed by atoms with Crippen LogP contribution in [0.4, 0.5) is 0 Å². The lowest BCUT2D eigenvalue weighted by atomic mass is 10.0. The molecule has 2 rings (SSSR count). The minimum absolute atomic E-state index is 0.0529. The third-order valence-electron chi connectivity index (χ3n) is 3.35. The molecule has 0 saturated carbocycles. The summed E-state index contributed by atoms with van der Waals surface area (Å²) in [6.45, 7) is 3.32. The number of fused-ring (bicyclic) bond motifs is 1. The molecule has 0 aliphatic carbocycles. The lowest BCUT2D eigenvalue weighted by Crippen LogP contribution is -2.33. The summed E-state index contributed by atoms with van der Waals surface area (Å²) in [5.74, 6) is 0.362. The van der Waals surface area contributed by atoms with Gasteiger partial charge in [-0.2, -0.15) is 0 Å². The summed E-state index contributed by atoms with van der Waals surface area (Å²) in [7, 11) is 1.83. The van der Waals surface area contributed by atoms with Crippen molar-refractivity contribution in [1.82, 2.24) is 4.90 Å². The maximum atomic E-state index is 12.5. The summed E-state index contributed by atoms with van der Waals surface area (Å²) >= 11 is 0. The predicted octanol–water partition coefficient (Wildman–Crippen LogP) is 2.51. The Morgan fingerprint density at radius 1 is 1.21 bits per heavy atom. The minimum atomic E-state index is 0.0529. The lowest BCUT2D eigenvalue weighted by molar-refractivity contribution is 0.0779. The lowest BCUT2D eigenvalue weighted by Gasteiger charge is -2.21.